The Bertz CT molecular complexity index is 434. The number of nitrogens with one attached hydrogen (secondary N) is 1. The number of hydrogen-bond acceptors (Lipinski definition) is 4. The molecule has 1 rings (SSSR count). The van der Waals surface area contributed by atoms with Gasteiger partial charge in [-0.05, 0) is 12.0 Å². The maximum atomic E-state index is 11.6. The van der Waals surface area contributed by atoms with Crippen molar-refractivity contribution >= 4 is 11.6 Å². The molecule has 0 aliphatic carbocycles. The molecule has 98 valence electrons. The van der Waals surface area contributed by atoms with Gasteiger partial charge in [-0.15, -0.1) is 0 Å². The summed E-state index contributed by atoms with van der Waals surface area (Å²) in [6.45, 7) is 2.36. The van der Waals surface area contributed by atoms with E-state index in [-0.39, 0.29) is 24.1 Å². The van der Waals surface area contributed by atoms with Gasteiger partial charge in [0, 0.05) is 24.7 Å². The van der Waals surface area contributed by atoms with Gasteiger partial charge in [0.1, 0.15) is 0 Å². The zero-order chi connectivity index (χ0) is 13.5. The quantitative estimate of drug-likeness (QED) is 0.581. The summed E-state index contributed by atoms with van der Waals surface area (Å²) >= 11 is 0. The van der Waals surface area contributed by atoms with Crippen LogP contribution in [0, 0.1) is 10.1 Å². The third-order valence-electron chi connectivity index (χ3n) is 2.57. The van der Waals surface area contributed by atoms with E-state index in [2.05, 4.69) is 5.32 Å². The number of non-ortho nitro benzene ring substituents is 1. The topological polar surface area (TPSA) is 98.3 Å². The van der Waals surface area contributed by atoms with Crippen molar-refractivity contribution in [1.29, 1.82) is 0 Å². The fourth-order valence-electron chi connectivity index (χ4n) is 1.42. The summed E-state index contributed by atoms with van der Waals surface area (Å²) in [6, 6.07) is 6.00. The molecule has 1 aromatic carbocycles. The molecule has 0 aliphatic heterocycles. The number of carbonyl (C=O) groups excluding carboxylic acids is 1. The number of rotatable bonds is 6. The molecule has 3 N–H and O–H groups in total. The first-order valence-corrected chi connectivity index (χ1v) is 5.78. The third-order valence-corrected chi connectivity index (χ3v) is 2.57. The SMILES string of the molecule is CCC(N)CNC(=O)Cc1cccc([N+](=O)[O-])c1. The van der Waals surface area contributed by atoms with Crippen molar-refractivity contribution in [2.75, 3.05) is 6.54 Å². The molecule has 1 aromatic rings. The molecule has 6 nitrogen and oxygen atoms in total. The predicted octanol–water partition coefficient (Wildman–Crippen LogP) is 0.991. The Labute approximate surface area is 105 Å². The minimum atomic E-state index is -0.478. The van der Waals surface area contributed by atoms with E-state index in [1.165, 1.54) is 12.1 Å². The maximum Gasteiger partial charge on any atom is 0.269 e. The van der Waals surface area contributed by atoms with E-state index in [9.17, 15) is 14.9 Å². The summed E-state index contributed by atoms with van der Waals surface area (Å²) in [6.07, 6.45) is 0.912. The molecule has 1 amide bonds. The number of nitrogens with two attached hydrogens (primary N) is 1. The van der Waals surface area contributed by atoms with E-state index in [4.69, 9.17) is 5.73 Å². The van der Waals surface area contributed by atoms with Gasteiger partial charge in [0.2, 0.25) is 5.91 Å². The third kappa shape index (κ3) is 4.50. The first-order valence-electron chi connectivity index (χ1n) is 5.78. The largest absolute Gasteiger partial charge is 0.354 e. The van der Waals surface area contributed by atoms with Crippen LogP contribution in [0.2, 0.25) is 0 Å². The van der Waals surface area contributed by atoms with Gasteiger partial charge in [0.05, 0.1) is 11.3 Å². The summed E-state index contributed by atoms with van der Waals surface area (Å²) in [5, 5.41) is 13.3. The average Bonchev–Trinajstić information content (AvgIpc) is 2.36. The molecule has 0 saturated heterocycles. The molecule has 1 atom stereocenters. The van der Waals surface area contributed by atoms with Gasteiger partial charge in [0.15, 0.2) is 0 Å². The maximum absolute atomic E-state index is 11.6. The molecule has 0 spiro atoms. The Balaban J connectivity index is 2.54. The van der Waals surface area contributed by atoms with Crippen LogP contribution < -0.4 is 11.1 Å². The van der Waals surface area contributed by atoms with Gasteiger partial charge in [0.25, 0.3) is 5.69 Å². The molecular formula is C12H17N3O3. The van der Waals surface area contributed by atoms with Crippen LogP contribution in [-0.4, -0.2) is 23.4 Å². The Hall–Kier alpha value is -1.95. The molecule has 1 unspecified atom stereocenters. The van der Waals surface area contributed by atoms with E-state index in [0.717, 1.165) is 6.42 Å². The van der Waals surface area contributed by atoms with Crippen molar-refractivity contribution in [2.45, 2.75) is 25.8 Å². The lowest BCUT2D eigenvalue weighted by molar-refractivity contribution is -0.384. The van der Waals surface area contributed by atoms with Crippen LogP contribution in [0.5, 0.6) is 0 Å². The Kier molecular flexibility index (Phi) is 5.26. The molecule has 0 aromatic heterocycles. The van der Waals surface area contributed by atoms with Crippen LogP contribution in [0.15, 0.2) is 24.3 Å². The average molecular weight is 251 g/mol. The number of nitro groups is 1. The fourth-order valence-corrected chi connectivity index (χ4v) is 1.42. The van der Waals surface area contributed by atoms with Crippen LogP contribution in [0.25, 0.3) is 0 Å². The first-order chi connectivity index (χ1) is 8.52. The molecule has 0 heterocycles. The predicted molar refractivity (Wildman–Crippen MR) is 68.1 cm³/mol. The summed E-state index contributed by atoms with van der Waals surface area (Å²) in [5.74, 6) is -0.181. The standard InChI is InChI=1S/C12H17N3O3/c1-2-10(13)8-14-12(16)7-9-4-3-5-11(6-9)15(17)18/h3-6,10H,2,7-8,13H2,1H3,(H,14,16). The van der Waals surface area contributed by atoms with E-state index >= 15 is 0 Å². The first kappa shape index (κ1) is 14.1. The number of nitro benzene ring substituents is 1. The Morgan fingerprint density at radius 3 is 2.89 bits per heavy atom. The lowest BCUT2D eigenvalue weighted by Gasteiger charge is -2.10. The van der Waals surface area contributed by atoms with Crippen LogP contribution in [-0.2, 0) is 11.2 Å². The molecule has 0 aliphatic rings. The fraction of sp³-hybridized carbons (Fsp3) is 0.417. The van der Waals surface area contributed by atoms with E-state index in [0.29, 0.717) is 12.1 Å². The number of hydrogen-bond donors (Lipinski definition) is 2. The lowest BCUT2D eigenvalue weighted by Crippen LogP contribution is -2.37. The van der Waals surface area contributed by atoms with Crippen LogP contribution in [0.4, 0.5) is 5.69 Å². The monoisotopic (exact) mass is 251 g/mol. The summed E-state index contributed by atoms with van der Waals surface area (Å²) in [7, 11) is 0. The minimum absolute atomic E-state index is 0.00874. The lowest BCUT2D eigenvalue weighted by atomic mass is 10.1. The smallest absolute Gasteiger partial charge is 0.269 e. The van der Waals surface area contributed by atoms with Crippen LogP contribution in [0.3, 0.4) is 0 Å². The molecule has 6 heteroatoms. The second-order valence-electron chi connectivity index (χ2n) is 4.08. The normalized spacial score (nSPS) is 11.9. The molecule has 0 radical (unpaired) electrons. The van der Waals surface area contributed by atoms with Gasteiger partial charge in [-0.1, -0.05) is 19.1 Å². The van der Waals surface area contributed by atoms with Crippen molar-refractivity contribution in [3.05, 3.63) is 39.9 Å². The minimum Gasteiger partial charge on any atom is -0.354 e. The van der Waals surface area contributed by atoms with Crippen LogP contribution >= 0.6 is 0 Å². The highest BCUT2D eigenvalue weighted by atomic mass is 16.6. The highest BCUT2D eigenvalue weighted by Crippen LogP contribution is 2.13. The molecule has 0 fully saturated rings. The highest BCUT2D eigenvalue weighted by Gasteiger charge is 2.09. The van der Waals surface area contributed by atoms with Crippen molar-refractivity contribution in [3.8, 4) is 0 Å². The van der Waals surface area contributed by atoms with Crippen molar-refractivity contribution in [3.63, 3.8) is 0 Å². The van der Waals surface area contributed by atoms with E-state index in [1.54, 1.807) is 12.1 Å². The van der Waals surface area contributed by atoms with Crippen molar-refractivity contribution in [2.24, 2.45) is 5.73 Å². The molecule has 18 heavy (non-hydrogen) atoms. The van der Waals surface area contributed by atoms with Gasteiger partial charge < -0.3 is 11.1 Å². The van der Waals surface area contributed by atoms with Crippen molar-refractivity contribution < 1.29 is 9.72 Å². The zero-order valence-corrected chi connectivity index (χ0v) is 10.3. The zero-order valence-electron chi connectivity index (χ0n) is 10.3. The number of nitrogens with zero attached hydrogens (tertiary/aromatic N) is 1. The Morgan fingerprint density at radius 2 is 2.28 bits per heavy atom. The van der Waals surface area contributed by atoms with Gasteiger partial charge in [-0.3, -0.25) is 14.9 Å². The van der Waals surface area contributed by atoms with Crippen molar-refractivity contribution in [1.82, 2.24) is 5.32 Å². The Morgan fingerprint density at radius 1 is 1.56 bits per heavy atom. The highest BCUT2D eigenvalue weighted by molar-refractivity contribution is 5.78. The molecule has 0 bridgehead atoms. The number of carbonyl (C=O) groups is 1. The van der Waals surface area contributed by atoms with Crippen LogP contribution in [0.1, 0.15) is 18.9 Å². The van der Waals surface area contributed by atoms with E-state index < -0.39 is 4.92 Å². The number of benzene rings is 1. The van der Waals surface area contributed by atoms with E-state index in [1.807, 2.05) is 6.92 Å². The summed E-state index contributed by atoms with van der Waals surface area (Å²) < 4.78 is 0. The van der Waals surface area contributed by atoms with Gasteiger partial charge in [-0.2, -0.15) is 0 Å². The summed E-state index contributed by atoms with van der Waals surface area (Å²) in [4.78, 5) is 21.7. The molecule has 0 saturated carbocycles. The molecular weight excluding hydrogens is 234 g/mol. The summed E-state index contributed by atoms with van der Waals surface area (Å²) in [5.41, 5.74) is 6.28. The van der Waals surface area contributed by atoms with Gasteiger partial charge >= 0.3 is 0 Å². The number of amides is 1. The second-order valence-corrected chi connectivity index (χ2v) is 4.08. The second kappa shape index (κ2) is 6.70. The van der Waals surface area contributed by atoms with Gasteiger partial charge in [-0.25, -0.2) is 0 Å².